The second-order valence-corrected chi connectivity index (χ2v) is 8.21. The summed E-state index contributed by atoms with van der Waals surface area (Å²) in [7, 11) is 2.91. The van der Waals surface area contributed by atoms with Crippen molar-refractivity contribution in [2.24, 2.45) is 5.16 Å². The smallest absolute Gasteiger partial charge is 0.270 e. The monoisotopic (exact) mass is 495 g/mol. The van der Waals surface area contributed by atoms with Crippen LogP contribution < -0.4 is 15.6 Å². The molecule has 0 bridgehead atoms. The van der Waals surface area contributed by atoms with Gasteiger partial charge in [-0.05, 0) is 43.7 Å². The van der Waals surface area contributed by atoms with E-state index in [0.717, 1.165) is 0 Å². The molecule has 4 rings (SSSR count). The minimum atomic E-state index is -0.479. The van der Waals surface area contributed by atoms with Crippen LogP contribution in [0.2, 0.25) is 0 Å². The maximum atomic E-state index is 13.6. The highest BCUT2D eigenvalue weighted by Crippen LogP contribution is 2.28. The highest BCUT2D eigenvalue weighted by Gasteiger charge is 2.26. The summed E-state index contributed by atoms with van der Waals surface area (Å²) in [6.07, 6.45) is 1.18. The Morgan fingerprint density at radius 3 is 2.78 bits per heavy atom. The normalized spacial score (nSPS) is 15.7. The van der Waals surface area contributed by atoms with Gasteiger partial charge in [0.2, 0.25) is 0 Å². The SMILES string of the molecule is COc1cc(CNC(=O)c2cc(C3=NOC(c4ccn(C(C)OC)c(=O)c4)C3)nc(C)n2)ccc1F. The molecular weight excluding hydrogens is 469 g/mol. The summed E-state index contributed by atoms with van der Waals surface area (Å²) >= 11 is 0. The number of hydrogen-bond donors (Lipinski definition) is 1. The lowest BCUT2D eigenvalue weighted by atomic mass is 10.0. The van der Waals surface area contributed by atoms with Gasteiger partial charge in [-0.15, -0.1) is 0 Å². The van der Waals surface area contributed by atoms with E-state index >= 15 is 0 Å². The minimum Gasteiger partial charge on any atom is -0.494 e. The fourth-order valence-electron chi connectivity index (χ4n) is 3.75. The molecule has 11 heteroatoms. The number of pyridine rings is 1. The lowest BCUT2D eigenvalue weighted by Gasteiger charge is -2.15. The third-order valence-corrected chi connectivity index (χ3v) is 5.78. The molecule has 36 heavy (non-hydrogen) atoms. The summed E-state index contributed by atoms with van der Waals surface area (Å²) in [5, 5.41) is 6.91. The molecule has 1 aliphatic rings. The van der Waals surface area contributed by atoms with Gasteiger partial charge < -0.3 is 19.6 Å². The quantitative estimate of drug-likeness (QED) is 0.510. The molecule has 2 atom stereocenters. The predicted octanol–water partition coefficient (Wildman–Crippen LogP) is 3.06. The fraction of sp³-hybridized carbons (Fsp3) is 0.320. The minimum absolute atomic E-state index is 0.0984. The maximum absolute atomic E-state index is 13.6. The Labute approximate surface area is 206 Å². The van der Waals surface area contributed by atoms with E-state index in [1.807, 2.05) is 0 Å². The zero-order chi connectivity index (χ0) is 25.8. The van der Waals surface area contributed by atoms with Crippen LogP contribution in [-0.2, 0) is 16.1 Å². The Hall–Kier alpha value is -4.12. The van der Waals surface area contributed by atoms with Gasteiger partial charge in [0, 0.05) is 37.9 Å². The van der Waals surface area contributed by atoms with Crippen LogP contribution in [0.15, 0.2) is 52.5 Å². The van der Waals surface area contributed by atoms with Crippen molar-refractivity contribution in [2.45, 2.75) is 39.1 Å². The molecule has 0 aliphatic carbocycles. The van der Waals surface area contributed by atoms with Crippen molar-refractivity contribution >= 4 is 11.6 Å². The van der Waals surface area contributed by atoms with Crippen molar-refractivity contribution in [3.63, 3.8) is 0 Å². The number of hydrogen-bond acceptors (Lipinski definition) is 8. The summed E-state index contributed by atoms with van der Waals surface area (Å²) < 4.78 is 25.3. The second kappa shape index (κ2) is 10.6. The van der Waals surface area contributed by atoms with Crippen LogP contribution in [-0.4, -0.2) is 40.4 Å². The molecule has 0 saturated heterocycles. The summed E-state index contributed by atoms with van der Waals surface area (Å²) in [6.45, 7) is 3.61. The Morgan fingerprint density at radius 1 is 1.25 bits per heavy atom. The van der Waals surface area contributed by atoms with Crippen LogP contribution in [0.5, 0.6) is 5.75 Å². The molecule has 10 nitrogen and oxygen atoms in total. The summed E-state index contributed by atoms with van der Waals surface area (Å²) in [6, 6.07) is 9.18. The summed E-state index contributed by atoms with van der Waals surface area (Å²) in [5.41, 5.74) is 2.29. The van der Waals surface area contributed by atoms with Crippen molar-refractivity contribution in [3.8, 4) is 5.75 Å². The van der Waals surface area contributed by atoms with Gasteiger partial charge in [-0.3, -0.25) is 14.2 Å². The lowest BCUT2D eigenvalue weighted by molar-refractivity contribution is 0.0566. The molecule has 2 aromatic heterocycles. The molecule has 2 unspecified atom stereocenters. The fourth-order valence-corrected chi connectivity index (χ4v) is 3.75. The third kappa shape index (κ3) is 5.41. The van der Waals surface area contributed by atoms with E-state index in [1.54, 1.807) is 32.2 Å². The van der Waals surface area contributed by atoms with E-state index in [4.69, 9.17) is 14.3 Å². The Morgan fingerprint density at radius 2 is 2.06 bits per heavy atom. The van der Waals surface area contributed by atoms with Crippen molar-refractivity contribution < 1.29 is 23.5 Å². The number of halogens is 1. The summed E-state index contributed by atoms with van der Waals surface area (Å²) in [4.78, 5) is 39.4. The molecule has 1 amide bonds. The molecule has 3 aromatic rings. The van der Waals surface area contributed by atoms with Crippen LogP contribution in [0.1, 0.15) is 58.8 Å². The van der Waals surface area contributed by atoms with Gasteiger partial charge in [-0.1, -0.05) is 11.2 Å². The first-order chi connectivity index (χ1) is 17.3. The number of carbonyl (C=O) groups is 1. The number of amides is 1. The first-order valence-corrected chi connectivity index (χ1v) is 11.2. The molecular formula is C25H26FN5O5. The summed E-state index contributed by atoms with van der Waals surface area (Å²) in [5.74, 6) is -0.408. The number of methoxy groups -OCH3 is 2. The van der Waals surface area contributed by atoms with E-state index in [0.29, 0.717) is 34.8 Å². The van der Waals surface area contributed by atoms with Crippen LogP contribution in [0.3, 0.4) is 0 Å². The van der Waals surface area contributed by atoms with Crippen LogP contribution in [0.25, 0.3) is 0 Å². The van der Waals surface area contributed by atoms with Gasteiger partial charge in [-0.2, -0.15) is 0 Å². The largest absolute Gasteiger partial charge is 0.494 e. The molecule has 188 valence electrons. The molecule has 1 aromatic carbocycles. The molecule has 3 heterocycles. The highest BCUT2D eigenvalue weighted by atomic mass is 19.1. The van der Waals surface area contributed by atoms with Gasteiger partial charge in [0.1, 0.15) is 23.5 Å². The number of ether oxygens (including phenoxy) is 2. The van der Waals surface area contributed by atoms with Gasteiger partial charge in [-0.25, -0.2) is 14.4 Å². The van der Waals surface area contributed by atoms with Crippen molar-refractivity contribution in [2.75, 3.05) is 14.2 Å². The van der Waals surface area contributed by atoms with Gasteiger partial charge in [0.25, 0.3) is 11.5 Å². The number of nitrogens with one attached hydrogen (secondary N) is 1. The zero-order valence-corrected chi connectivity index (χ0v) is 20.3. The average molecular weight is 496 g/mol. The molecule has 0 fully saturated rings. The molecule has 0 radical (unpaired) electrons. The number of oxime groups is 1. The first-order valence-electron chi connectivity index (χ1n) is 11.2. The zero-order valence-electron chi connectivity index (χ0n) is 20.3. The molecule has 1 aliphatic heterocycles. The van der Waals surface area contributed by atoms with E-state index < -0.39 is 17.8 Å². The van der Waals surface area contributed by atoms with Crippen LogP contribution in [0, 0.1) is 12.7 Å². The van der Waals surface area contributed by atoms with Crippen LogP contribution >= 0.6 is 0 Å². The number of aryl methyl sites for hydroxylation is 1. The van der Waals surface area contributed by atoms with Crippen molar-refractivity contribution in [1.82, 2.24) is 19.9 Å². The highest BCUT2D eigenvalue weighted by molar-refractivity contribution is 6.02. The van der Waals surface area contributed by atoms with E-state index in [-0.39, 0.29) is 29.8 Å². The van der Waals surface area contributed by atoms with Crippen LogP contribution in [0.4, 0.5) is 4.39 Å². The van der Waals surface area contributed by atoms with Gasteiger partial charge in [0.15, 0.2) is 17.7 Å². The van der Waals surface area contributed by atoms with Gasteiger partial charge >= 0.3 is 0 Å². The Balaban J connectivity index is 1.45. The number of carbonyl (C=O) groups excluding carboxylic acids is 1. The second-order valence-electron chi connectivity index (χ2n) is 8.21. The van der Waals surface area contributed by atoms with E-state index in [2.05, 4.69) is 20.4 Å². The number of benzene rings is 1. The Kier molecular flexibility index (Phi) is 7.39. The standard InChI is InChI=1S/C25H26FN5O5/c1-14-28-19(11-21(29-14)25(33)27-13-16-5-6-18(26)23(9-16)35-4)20-12-22(36-30-20)17-7-8-31(15(2)34-3)24(32)10-17/h5-11,15,22H,12-13H2,1-4H3,(H,27,33). The van der Waals surface area contributed by atoms with Crippen molar-refractivity contribution in [3.05, 3.63) is 87.1 Å². The first kappa shape index (κ1) is 25.0. The van der Waals surface area contributed by atoms with E-state index in [1.165, 1.54) is 43.1 Å². The maximum Gasteiger partial charge on any atom is 0.270 e. The molecule has 0 spiro atoms. The lowest BCUT2D eigenvalue weighted by Crippen LogP contribution is -2.25. The van der Waals surface area contributed by atoms with Crippen molar-refractivity contribution in [1.29, 1.82) is 0 Å². The number of nitrogens with zero attached hydrogens (tertiary/aromatic N) is 4. The number of aromatic nitrogens is 3. The predicted molar refractivity (Wildman–Crippen MR) is 128 cm³/mol. The number of rotatable bonds is 8. The third-order valence-electron chi connectivity index (χ3n) is 5.78. The topological polar surface area (TPSA) is 117 Å². The Bertz CT molecular complexity index is 1370. The average Bonchev–Trinajstić information content (AvgIpc) is 3.37. The molecule has 1 N–H and O–H groups in total. The molecule has 0 saturated carbocycles. The van der Waals surface area contributed by atoms with E-state index in [9.17, 15) is 14.0 Å². The van der Waals surface area contributed by atoms with Gasteiger partial charge in [0.05, 0.1) is 12.8 Å².